The van der Waals surface area contributed by atoms with E-state index in [-0.39, 0.29) is 11.1 Å². The normalized spacial score (nSPS) is 10.1. The van der Waals surface area contributed by atoms with E-state index in [9.17, 15) is 4.79 Å². The summed E-state index contributed by atoms with van der Waals surface area (Å²) < 4.78 is 6.81. The van der Waals surface area contributed by atoms with Gasteiger partial charge in [0.25, 0.3) is 5.56 Å². The van der Waals surface area contributed by atoms with Crippen LogP contribution in [0.15, 0.2) is 35.1 Å². The summed E-state index contributed by atoms with van der Waals surface area (Å²) in [6, 6.07) is 10.9. The molecule has 0 fully saturated rings. The molecule has 0 aliphatic rings. The quantitative estimate of drug-likeness (QED) is 0.845. The van der Waals surface area contributed by atoms with Crippen LogP contribution < -0.4 is 10.3 Å². The first-order valence-electron chi connectivity index (χ1n) is 6.95. The van der Waals surface area contributed by atoms with Crippen LogP contribution in [0.2, 0.25) is 0 Å². The van der Waals surface area contributed by atoms with Crippen molar-refractivity contribution < 1.29 is 4.74 Å². The molecule has 0 amide bonds. The van der Waals surface area contributed by atoms with E-state index in [1.54, 1.807) is 0 Å². The van der Waals surface area contributed by atoms with E-state index in [2.05, 4.69) is 5.10 Å². The second kappa shape index (κ2) is 6.71. The van der Waals surface area contributed by atoms with Crippen LogP contribution in [0, 0.1) is 11.3 Å². The number of aryl methyl sites for hydroxylation is 1. The highest BCUT2D eigenvalue weighted by molar-refractivity contribution is 5.62. The molecule has 2 aromatic rings. The standard InChI is InChI=1S/C16H17N3O2/c1-3-8-19-16(20)13(11-17)10-15(18-19)12-6-5-7-14(9-12)21-4-2/h5-7,9-10H,3-4,8H2,1-2H3. The molecule has 0 bridgehead atoms. The molecular formula is C16H17N3O2. The number of ether oxygens (including phenoxy) is 1. The van der Waals surface area contributed by atoms with Crippen molar-refractivity contribution in [2.45, 2.75) is 26.8 Å². The Morgan fingerprint density at radius 3 is 2.81 bits per heavy atom. The predicted octanol–water partition coefficient (Wildman–Crippen LogP) is 2.59. The van der Waals surface area contributed by atoms with Crippen molar-refractivity contribution in [2.24, 2.45) is 0 Å². The van der Waals surface area contributed by atoms with Crippen LogP contribution in [0.5, 0.6) is 5.75 Å². The second-order valence-electron chi connectivity index (χ2n) is 4.54. The van der Waals surface area contributed by atoms with E-state index < -0.39 is 0 Å². The van der Waals surface area contributed by atoms with Crippen LogP contribution in [-0.4, -0.2) is 16.4 Å². The fraction of sp³-hybridized carbons (Fsp3) is 0.312. The minimum Gasteiger partial charge on any atom is -0.494 e. The highest BCUT2D eigenvalue weighted by atomic mass is 16.5. The van der Waals surface area contributed by atoms with Gasteiger partial charge in [-0.3, -0.25) is 4.79 Å². The van der Waals surface area contributed by atoms with Crippen LogP contribution >= 0.6 is 0 Å². The Morgan fingerprint density at radius 2 is 2.14 bits per heavy atom. The maximum absolute atomic E-state index is 12.0. The zero-order chi connectivity index (χ0) is 15.2. The summed E-state index contributed by atoms with van der Waals surface area (Å²) in [5, 5.41) is 13.4. The smallest absolute Gasteiger partial charge is 0.284 e. The molecule has 1 heterocycles. The minimum atomic E-state index is -0.343. The summed E-state index contributed by atoms with van der Waals surface area (Å²) in [6.07, 6.45) is 0.778. The van der Waals surface area contributed by atoms with Gasteiger partial charge in [-0.25, -0.2) is 4.68 Å². The highest BCUT2D eigenvalue weighted by Crippen LogP contribution is 2.22. The molecular weight excluding hydrogens is 266 g/mol. The Kier molecular flexibility index (Phi) is 4.72. The van der Waals surface area contributed by atoms with Crippen molar-refractivity contribution >= 4 is 0 Å². The number of nitrogens with zero attached hydrogens (tertiary/aromatic N) is 3. The third-order valence-electron chi connectivity index (χ3n) is 2.97. The Labute approximate surface area is 123 Å². The molecule has 2 rings (SSSR count). The first kappa shape index (κ1) is 14.8. The SMILES string of the molecule is CCCn1nc(-c2cccc(OCC)c2)cc(C#N)c1=O. The average Bonchev–Trinajstić information content (AvgIpc) is 2.50. The van der Waals surface area contributed by atoms with Crippen LogP contribution in [0.4, 0.5) is 0 Å². The lowest BCUT2D eigenvalue weighted by atomic mass is 10.1. The monoisotopic (exact) mass is 283 g/mol. The molecule has 1 aromatic carbocycles. The molecule has 0 N–H and O–H groups in total. The van der Waals surface area contributed by atoms with Crippen molar-refractivity contribution in [1.29, 1.82) is 5.26 Å². The molecule has 5 nitrogen and oxygen atoms in total. The zero-order valence-corrected chi connectivity index (χ0v) is 12.2. The molecule has 0 aliphatic heterocycles. The maximum Gasteiger partial charge on any atom is 0.284 e. The topological polar surface area (TPSA) is 67.9 Å². The zero-order valence-electron chi connectivity index (χ0n) is 12.2. The number of hydrogen-bond donors (Lipinski definition) is 0. The molecule has 21 heavy (non-hydrogen) atoms. The van der Waals surface area contributed by atoms with Gasteiger partial charge in [0.2, 0.25) is 0 Å². The van der Waals surface area contributed by atoms with Gasteiger partial charge in [-0.05, 0) is 31.5 Å². The fourth-order valence-electron chi connectivity index (χ4n) is 2.04. The van der Waals surface area contributed by atoms with Gasteiger partial charge >= 0.3 is 0 Å². The fourth-order valence-corrected chi connectivity index (χ4v) is 2.04. The number of hydrogen-bond acceptors (Lipinski definition) is 4. The molecule has 5 heteroatoms. The number of nitriles is 1. The largest absolute Gasteiger partial charge is 0.494 e. The number of aromatic nitrogens is 2. The first-order valence-corrected chi connectivity index (χ1v) is 6.95. The molecule has 0 saturated carbocycles. The van der Waals surface area contributed by atoms with Crippen LogP contribution in [0.3, 0.4) is 0 Å². The van der Waals surface area contributed by atoms with Crippen molar-refractivity contribution in [3.8, 4) is 23.1 Å². The van der Waals surface area contributed by atoms with Crippen molar-refractivity contribution in [3.05, 3.63) is 46.2 Å². The van der Waals surface area contributed by atoms with Crippen molar-refractivity contribution in [3.63, 3.8) is 0 Å². The van der Waals surface area contributed by atoms with Gasteiger partial charge in [-0.15, -0.1) is 0 Å². The lowest BCUT2D eigenvalue weighted by Crippen LogP contribution is -2.25. The Morgan fingerprint density at radius 1 is 1.33 bits per heavy atom. The summed E-state index contributed by atoms with van der Waals surface area (Å²) in [5.74, 6) is 0.739. The van der Waals surface area contributed by atoms with Gasteiger partial charge < -0.3 is 4.74 Å². The Balaban J connectivity index is 2.53. The van der Waals surface area contributed by atoms with E-state index in [0.717, 1.165) is 17.7 Å². The lowest BCUT2D eigenvalue weighted by Gasteiger charge is -2.09. The van der Waals surface area contributed by atoms with Crippen molar-refractivity contribution in [2.75, 3.05) is 6.61 Å². The van der Waals surface area contributed by atoms with E-state index in [1.807, 2.05) is 44.2 Å². The molecule has 0 aliphatic carbocycles. The highest BCUT2D eigenvalue weighted by Gasteiger charge is 2.10. The van der Waals surface area contributed by atoms with Gasteiger partial charge in [0.15, 0.2) is 0 Å². The molecule has 0 unspecified atom stereocenters. The van der Waals surface area contributed by atoms with E-state index >= 15 is 0 Å². The van der Waals surface area contributed by atoms with Gasteiger partial charge in [-0.1, -0.05) is 19.1 Å². The van der Waals surface area contributed by atoms with E-state index in [1.165, 1.54) is 10.7 Å². The van der Waals surface area contributed by atoms with Crippen molar-refractivity contribution in [1.82, 2.24) is 9.78 Å². The molecule has 0 saturated heterocycles. The molecule has 1 aromatic heterocycles. The Bertz CT molecular complexity index is 729. The molecule has 0 radical (unpaired) electrons. The Hall–Kier alpha value is -2.61. The van der Waals surface area contributed by atoms with Gasteiger partial charge in [-0.2, -0.15) is 10.4 Å². The minimum absolute atomic E-state index is 0.107. The third-order valence-corrected chi connectivity index (χ3v) is 2.97. The number of benzene rings is 1. The average molecular weight is 283 g/mol. The first-order chi connectivity index (χ1) is 10.2. The van der Waals surface area contributed by atoms with Crippen LogP contribution in [0.25, 0.3) is 11.3 Å². The van der Waals surface area contributed by atoms with E-state index in [4.69, 9.17) is 10.00 Å². The summed E-state index contributed by atoms with van der Waals surface area (Å²) in [6.45, 7) is 4.95. The summed E-state index contributed by atoms with van der Waals surface area (Å²) in [4.78, 5) is 12.0. The van der Waals surface area contributed by atoms with Gasteiger partial charge in [0.05, 0.1) is 12.3 Å². The second-order valence-corrected chi connectivity index (χ2v) is 4.54. The maximum atomic E-state index is 12.0. The third kappa shape index (κ3) is 3.29. The number of rotatable bonds is 5. The summed E-state index contributed by atoms with van der Waals surface area (Å²) >= 11 is 0. The van der Waals surface area contributed by atoms with Gasteiger partial charge in [0.1, 0.15) is 17.4 Å². The predicted molar refractivity (Wildman–Crippen MR) is 80.1 cm³/mol. The summed E-state index contributed by atoms with van der Waals surface area (Å²) in [5.41, 5.74) is 1.18. The van der Waals surface area contributed by atoms with Crippen LogP contribution in [-0.2, 0) is 6.54 Å². The summed E-state index contributed by atoms with van der Waals surface area (Å²) in [7, 11) is 0. The molecule has 0 spiro atoms. The molecule has 0 atom stereocenters. The van der Waals surface area contributed by atoms with Crippen LogP contribution in [0.1, 0.15) is 25.8 Å². The van der Waals surface area contributed by atoms with Gasteiger partial charge in [0, 0.05) is 12.1 Å². The van der Waals surface area contributed by atoms with E-state index in [0.29, 0.717) is 18.8 Å². The lowest BCUT2D eigenvalue weighted by molar-refractivity contribution is 0.340. The molecule has 108 valence electrons.